The summed E-state index contributed by atoms with van der Waals surface area (Å²) in [5, 5.41) is 0.630. The van der Waals surface area contributed by atoms with Crippen molar-refractivity contribution in [3.05, 3.63) is 76.1 Å². The number of carbonyl (C=O) groups is 2. The summed E-state index contributed by atoms with van der Waals surface area (Å²) < 4.78 is 4.89. The van der Waals surface area contributed by atoms with Crippen LogP contribution < -0.4 is 10.5 Å². The molecule has 1 aliphatic rings. The number of nitrogens with zero attached hydrogens (tertiary/aromatic N) is 1. The Bertz CT molecular complexity index is 1090. The number of para-hydroxylation sites is 2. The van der Waals surface area contributed by atoms with Crippen molar-refractivity contribution < 1.29 is 14.3 Å². The van der Waals surface area contributed by atoms with Gasteiger partial charge in [0.05, 0.1) is 12.7 Å². The number of carbonyl (C=O) groups excluding carboxylic acids is 2. The first-order valence-corrected chi connectivity index (χ1v) is 8.21. The smallest absolute Gasteiger partial charge is 0.329 e. The van der Waals surface area contributed by atoms with Crippen molar-refractivity contribution in [3.63, 3.8) is 0 Å². The van der Waals surface area contributed by atoms with E-state index in [1.54, 1.807) is 30.3 Å². The summed E-state index contributed by atoms with van der Waals surface area (Å²) >= 11 is 0. The molecule has 2 aromatic carbocycles. The minimum Gasteiger partial charge on any atom is -0.467 e. The van der Waals surface area contributed by atoms with Gasteiger partial charge < -0.3 is 9.72 Å². The van der Waals surface area contributed by atoms with Crippen molar-refractivity contribution in [2.45, 2.75) is 12.5 Å². The van der Waals surface area contributed by atoms with Crippen LogP contribution in [0.2, 0.25) is 0 Å². The Morgan fingerprint density at radius 3 is 2.65 bits per heavy atom. The predicted octanol–water partition coefficient (Wildman–Crippen LogP) is 2.27. The molecule has 0 saturated carbocycles. The first kappa shape index (κ1) is 16.1. The quantitative estimate of drug-likeness (QED) is 0.721. The van der Waals surface area contributed by atoms with E-state index < -0.39 is 17.9 Å². The second-order valence-electron chi connectivity index (χ2n) is 6.14. The Labute approximate surface area is 149 Å². The van der Waals surface area contributed by atoms with Crippen LogP contribution in [0.4, 0.5) is 5.69 Å². The third-order valence-electron chi connectivity index (χ3n) is 4.65. The molecule has 26 heavy (non-hydrogen) atoms. The van der Waals surface area contributed by atoms with E-state index in [-0.39, 0.29) is 11.1 Å². The number of hydrogen-bond acceptors (Lipinski definition) is 4. The Morgan fingerprint density at radius 2 is 1.85 bits per heavy atom. The number of methoxy groups -OCH3 is 1. The molecule has 6 heteroatoms. The van der Waals surface area contributed by atoms with Crippen LogP contribution in [0.25, 0.3) is 10.9 Å². The third-order valence-corrected chi connectivity index (χ3v) is 4.65. The number of amides is 1. The number of hydrogen-bond donors (Lipinski definition) is 1. The van der Waals surface area contributed by atoms with Crippen molar-refractivity contribution in [3.8, 4) is 0 Å². The van der Waals surface area contributed by atoms with Crippen LogP contribution in [0.1, 0.15) is 15.9 Å². The number of benzene rings is 2. The molecule has 130 valence electrons. The van der Waals surface area contributed by atoms with E-state index in [4.69, 9.17) is 4.74 Å². The van der Waals surface area contributed by atoms with Gasteiger partial charge in [-0.1, -0.05) is 36.4 Å². The monoisotopic (exact) mass is 348 g/mol. The van der Waals surface area contributed by atoms with Crippen LogP contribution in [-0.2, 0) is 16.0 Å². The summed E-state index contributed by atoms with van der Waals surface area (Å²) in [5.74, 6) is -0.878. The zero-order valence-electron chi connectivity index (χ0n) is 14.1. The molecule has 0 aliphatic carbocycles. The molecule has 0 spiro atoms. The summed E-state index contributed by atoms with van der Waals surface area (Å²) in [6, 6.07) is 15.0. The average Bonchev–Trinajstić information content (AvgIpc) is 3.05. The maximum Gasteiger partial charge on any atom is 0.329 e. The van der Waals surface area contributed by atoms with Crippen molar-refractivity contribution in [2.75, 3.05) is 12.0 Å². The molecule has 0 fully saturated rings. The van der Waals surface area contributed by atoms with E-state index >= 15 is 0 Å². The number of rotatable bonds is 2. The van der Waals surface area contributed by atoms with Crippen LogP contribution in [0.3, 0.4) is 0 Å². The second kappa shape index (κ2) is 6.15. The minimum atomic E-state index is -0.747. The maximum atomic E-state index is 13.4. The number of pyridine rings is 1. The zero-order chi connectivity index (χ0) is 18.3. The predicted molar refractivity (Wildman–Crippen MR) is 97.3 cm³/mol. The van der Waals surface area contributed by atoms with E-state index in [1.165, 1.54) is 18.1 Å². The first-order chi connectivity index (χ1) is 12.6. The fraction of sp³-hybridized carbons (Fsp3) is 0.150. The van der Waals surface area contributed by atoms with Crippen LogP contribution in [0.15, 0.2) is 59.4 Å². The molecule has 0 saturated heterocycles. The largest absolute Gasteiger partial charge is 0.467 e. The lowest BCUT2D eigenvalue weighted by molar-refractivity contribution is -0.141. The summed E-state index contributed by atoms with van der Waals surface area (Å²) in [5.41, 5.74) is 2.03. The topological polar surface area (TPSA) is 79.5 Å². The molecule has 3 aromatic rings. The molecule has 1 aliphatic heterocycles. The van der Waals surface area contributed by atoms with Crippen molar-refractivity contribution in [1.82, 2.24) is 4.98 Å². The fourth-order valence-corrected chi connectivity index (χ4v) is 3.47. The van der Waals surface area contributed by atoms with E-state index in [2.05, 4.69) is 4.98 Å². The number of esters is 1. The van der Waals surface area contributed by atoms with Gasteiger partial charge in [0.2, 0.25) is 5.56 Å². The number of ether oxygens (including phenoxy) is 1. The Hall–Kier alpha value is -3.41. The molecule has 1 atom stereocenters. The lowest BCUT2D eigenvalue weighted by Crippen LogP contribution is -2.43. The van der Waals surface area contributed by atoms with Gasteiger partial charge in [0.1, 0.15) is 6.04 Å². The van der Waals surface area contributed by atoms with Crippen LogP contribution in [0, 0.1) is 0 Å². The van der Waals surface area contributed by atoms with Gasteiger partial charge in [-0.3, -0.25) is 14.5 Å². The molecule has 0 radical (unpaired) electrons. The van der Waals surface area contributed by atoms with Gasteiger partial charge in [0.15, 0.2) is 0 Å². The molecule has 6 nitrogen and oxygen atoms in total. The molecule has 1 amide bonds. The highest BCUT2D eigenvalue weighted by molar-refractivity contribution is 6.16. The van der Waals surface area contributed by atoms with Gasteiger partial charge in [-0.15, -0.1) is 0 Å². The molecular formula is C20H16N2O4. The normalized spacial score (nSPS) is 15.7. The highest BCUT2D eigenvalue weighted by Crippen LogP contribution is 2.34. The van der Waals surface area contributed by atoms with E-state index in [0.717, 1.165) is 5.56 Å². The van der Waals surface area contributed by atoms with E-state index in [1.807, 2.05) is 18.2 Å². The lowest BCUT2D eigenvalue weighted by atomic mass is 10.1. The summed E-state index contributed by atoms with van der Waals surface area (Å²) in [7, 11) is 1.30. The molecule has 1 unspecified atom stereocenters. The molecular weight excluding hydrogens is 332 g/mol. The Morgan fingerprint density at radius 1 is 1.12 bits per heavy atom. The average molecular weight is 348 g/mol. The van der Waals surface area contributed by atoms with Gasteiger partial charge >= 0.3 is 5.97 Å². The van der Waals surface area contributed by atoms with Crippen molar-refractivity contribution >= 4 is 28.5 Å². The SMILES string of the molecule is COC(=O)C1Cc2ccccc2N1C(=O)c1cc(=O)[nH]c2ccccc12. The van der Waals surface area contributed by atoms with Crippen molar-refractivity contribution in [2.24, 2.45) is 0 Å². The van der Waals surface area contributed by atoms with Crippen molar-refractivity contribution in [1.29, 1.82) is 0 Å². The van der Waals surface area contributed by atoms with Gasteiger partial charge in [-0.2, -0.15) is 0 Å². The highest BCUT2D eigenvalue weighted by atomic mass is 16.5. The third kappa shape index (κ3) is 2.47. The molecule has 2 heterocycles. The number of aromatic amines is 1. The molecule has 0 bridgehead atoms. The highest BCUT2D eigenvalue weighted by Gasteiger charge is 2.39. The van der Waals surface area contributed by atoms with E-state index in [9.17, 15) is 14.4 Å². The number of aromatic nitrogens is 1. The molecule has 4 rings (SSSR count). The second-order valence-corrected chi connectivity index (χ2v) is 6.14. The van der Waals surface area contributed by atoms with Gasteiger partial charge in [0.25, 0.3) is 5.91 Å². The van der Waals surface area contributed by atoms with Gasteiger partial charge in [0, 0.05) is 29.1 Å². The van der Waals surface area contributed by atoms with Crippen LogP contribution in [0.5, 0.6) is 0 Å². The number of H-pyrrole nitrogens is 1. The number of anilines is 1. The number of fused-ring (bicyclic) bond motifs is 2. The van der Waals surface area contributed by atoms with Gasteiger partial charge in [-0.25, -0.2) is 4.79 Å². The lowest BCUT2D eigenvalue weighted by Gasteiger charge is -2.24. The van der Waals surface area contributed by atoms with Crippen LogP contribution in [-0.4, -0.2) is 30.0 Å². The Balaban J connectivity index is 1.89. The number of nitrogens with one attached hydrogen (secondary N) is 1. The summed E-state index contributed by atoms with van der Waals surface area (Å²) in [6.45, 7) is 0. The first-order valence-electron chi connectivity index (χ1n) is 8.21. The zero-order valence-corrected chi connectivity index (χ0v) is 14.1. The van der Waals surface area contributed by atoms with Crippen LogP contribution >= 0.6 is 0 Å². The minimum absolute atomic E-state index is 0.259. The standard InChI is InChI=1S/C20H16N2O4/c1-26-20(25)17-10-12-6-2-5-9-16(12)22(17)19(24)14-11-18(23)21-15-8-4-3-7-13(14)15/h2-9,11,17H,10H2,1H3,(H,21,23). The fourth-order valence-electron chi connectivity index (χ4n) is 3.47. The summed E-state index contributed by atoms with van der Waals surface area (Å²) in [4.78, 5) is 41.8. The Kier molecular flexibility index (Phi) is 3.80. The molecule has 1 N–H and O–H groups in total. The molecule has 1 aromatic heterocycles. The van der Waals surface area contributed by atoms with Gasteiger partial charge in [-0.05, 0) is 17.7 Å². The summed E-state index contributed by atoms with van der Waals surface area (Å²) in [6.07, 6.45) is 0.385. The maximum absolute atomic E-state index is 13.4. The van der Waals surface area contributed by atoms with E-state index in [0.29, 0.717) is 23.0 Å².